The average Bonchev–Trinajstić information content (AvgIpc) is 2.97. The van der Waals surface area contributed by atoms with Crippen LogP contribution in [0, 0.1) is 5.92 Å². The van der Waals surface area contributed by atoms with Gasteiger partial charge in [-0.1, -0.05) is 0 Å². The van der Waals surface area contributed by atoms with Gasteiger partial charge in [-0.05, 0) is 58.7 Å². The first kappa shape index (κ1) is 17.0. The highest BCUT2D eigenvalue weighted by Gasteiger charge is 2.46. The summed E-state index contributed by atoms with van der Waals surface area (Å²) >= 11 is 0. The SMILES string of the molecule is CN(CCN1CCCC1)C1(CN)CCC(C(F)(F)F)CC1. The van der Waals surface area contributed by atoms with Crippen molar-refractivity contribution < 1.29 is 13.2 Å². The third-order valence-corrected chi connectivity index (χ3v) is 5.52. The summed E-state index contributed by atoms with van der Waals surface area (Å²) in [6.07, 6.45) is 0.0325. The predicted molar refractivity (Wildman–Crippen MR) is 78.1 cm³/mol. The second-order valence-corrected chi connectivity index (χ2v) is 6.71. The molecule has 0 radical (unpaired) electrons. The van der Waals surface area contributed by atoms with E-state index in [2.05, 4.69) is 9.80 Å². The van der Waals surface area contributed by atoms with E-state index in [1.807, 2.05) is 7.05 Å². The lowest BCUT2D eigenvalue weighted by Gasteiger charge is -2.46. The van der Waals surface area contributed by atoms with Gasteiger partial charge >= 0.3 is 6.18 Å². The first-order valence-electron chi connectivity index (χ1n) is 8.08. The number of nitrogens with zero attached hydrogens (tertiary/aromatic N) is 2. The fourth-order valence-corrected chi connectivity index (χ4v) is 3.76. The van der Waals surface area contributed by atoms with Gasteiger partial charge in [0, 0.05) is 25.2 Å². The topological polar surface area (TPSA) is 32.5 Å². The summed E-state index contributed by atoms with van der Waals surface area (Å²) in [6.45, 7) is 4.65. The Labute approximate surface area is 125 Å². The van der Waals surface area contributed by atoms with Crippen LogP contribution in [-0.4, -0.2) is 61.3 Å². The molecule has 1 aliphatic carbocycles. The zero-order valence-corrected chi connectivity index (χ0v) is 13.0. The van der Waals surface area contributed by atoms with E-state index in [0.29, 0.717) is 19.4 Å². The second kappa shape index (κ2) is 6.84. The van der Waals surface area contributed by atoms with Gasteiger partial charge in [-0.3, -0.25) is 4.90 Å². The molecule has 3 nitrogen and oxygen atoms in total. The van der Waals surface area contributed by atoms with E-state index in [1.165, 1.54) is 12.8 Å². The molecule has 2 rings (SSSR count). The lowest BCUT2D eigenvalue weighted by atomic mass is 9.75. The van der Waals surface area contributed by atoms with Crippen molar-refractivity contribution in [2.75, 3.05) is 39.8 Å². The maximum absolute atomic E-state index is 12.8. The monoisotopic (exact) mass is 307 g/mol. The fraction of sp³-hybridized carbons (Fsp3) is 1.00. The van der Waals surface area contributed by atoms with E-state index in [0.717, 1.165) is 26.2 Å². The van der Waals surface area contributed by atoms with Crippen LogP contribution in [0.15, 0.2) is 0 Å². The molecule has 1 aliphatic heterocycles. The average molecular weight is 307 g/mol. The molecule has 0 aromatic heterocycles. The van der Waals surface area contributed by atoms with Crippen molar-refractivity contribution in [3.8, 4) is 0 Å². The molecule has 6 heteroatoms. The summed E-state index contributed by atoms with van der Waals surface area (Å²) in [5, 5.41) is 0. The molecule has 1 saturated carbocycles. The van der Waals surface area contributed by atoms with Gasteiger partial charge in [0.2, 0.25) is 0 Å². The van der Waals surface area contributed by atoms with Gasteiger partial charge in [-0.15, -0.1) is 0 Å². The highest BCUT2D eigenvalue weighted by molar-refractivity contribution is 4.96. The van der Waals surface area contributed by atoms with Crippen LogP contribution in [0.4, 0.5) is 13.2 Å². The summed E-state index contributed by atoms with van der Waals surface area (Å²) in [7, 11) is 2.02. The van der Waals surface area contributed by atoms with Crippen LogP contribution in [0.1, 0.15) is 38.5 Å². The van der Waals surface area contributed by atoms with Crippen molar-refractivity contribution in [2.45, 2.75) is 50.2 Å². The minimum atomic E-state index is -4.05. The minimum absolute atomic E-state index is 0.217. The van der Waals surface area contributed by atoms with Crippen molar-refractivity contribution >= 4 is 0 Å². The van der Waals surface area contributed by atoms with Crippen molar-refractivity contribution in [3.05, 3.63) is 0 Å². The van der Waals surface area contributed by atoms with E-state index in [1.54, 1.807) is 0 Å². The molecule has 0 amide bonds. The third-order valence-electron chi connectivity index (χ3n) is 5.52. The summed E-state index contributed by atoms with van der Waals surface area (Å²) in [6, 6.07) is 0. The van der Waals surface area contributed by atoms with E-state index < -0.39 is 12.1 Å². The maximum atomic E-state index is 12.8. The summed E-state index contributed by atoms with van der Waals surface area (Å²) in [5.41, 5.74) is 5.71. The smallest absolute Gasteiger partial charge is 0.329 e. The van der Waals surface area contributed by atoms with Crippen molar-refractivity contribution in [3.63, 3.8) is 0 Å². The highest BCUT2D eigenvalue weighted by atomic mass is 19.4. The molecule has 0 aromatic carbocycles. The van der Waals surface area contributed by atoms with Crippen molar-refractivity contribution in [1.29, 1.82) is 0 Å². The first-order chi connectivity index (χ1) is 9.87. The molecule has 0 unspecified atom stereocenters. The number of likely N-dealkylation sites (tertiary alicyclic amines) is 1. The predicted octanol–water partition coefficient (Wildman–Crippen LogP) is 2.46. The van der Waals surface area contributed by atoms with Crippen LogP contribution in [-0.2, 0) is 0 Å². The molecule has 0 bridgehead atoms. The largest absolute Gasteiger partial charge is 0.391 e. The van der Waals surface area contributed by atoms with Crippen LogP contribution >= 0.6 is 0 Å². The molecule has 2 N–H and O–H groups in total. The molecule has 21 heavy (non-hydrogen) atoms. The van der Waals surface area contributed by atoms with Gasteiger partial charge in [-0.25, -0.2) is 0 Å². The molecule has 0 aromatic rings. The normalized spacial score (nSPS) is 32.0. The number of nitrogens with two attached hydrogens (primary N) is 1. The van der Waals surface area contributed by atoms with Gasteiger partial charge < -0.3 is 10.6 Å². The molecular formula is C15H28F3N3. The fourth-order valence-electron chi connectivity index (χ4n) is 3.76. The van der Waals surface area contributed by atoms with Crippen LogP contribution in [0.5, 0.6) is 0 Å². The molecule has 2 aliphatic rings. The summed E-state index contributed by atoms with van der Waals surface area (Å²) < 4.78 is 38.4. The lowest BCUT2D eigenvalue weighted by Crippen LogP contribution is -2.56. The molecule has 0 atom stereocenters. The van der Waals surface area contributed by atoms with Crippen molar-refractivity contribution in [2.24, 2.45) is 11.7 Å². The lowest BCUT2D eigenvalue weighted by molar-refractivity contribution is -0.188. The number of hydrogen-bond donors (Lipinski definition) is 1. The molecule has 1 saturated heterocycles. The van der Waals surface area contributed by atoms with Gasteiger partial charge in [-0.2, -0.15) is 13.2 Å². The Balaban J connectivity index is 1.86. The second-order valence-electron chi connectivity index (χ2n) is 6.71. The zero-order valence-electron chi connectivity index (χ0n) is 13.0. The number of halogens is 3. The van der Waals surface area contributed by atoms with Crippen molar-refractivity contribution in [1.82, 2.24) is 9.80 Å². The first-order valence-corrected chi connectivity index (χ1v) is 8.08. The maximum Gasteiger partial charge on any atom is 0.391 e. The Hall–Kier alpha value is -0.330. The minimum Gasteiger partial charge on any atom is -0.329 e. The Morgan fingerprint density at radius 3 is 2.24 bits per heavy atom. The molecule has 1 heterocycles. The van der Waals surface area contributed by atoms with Gasteiger partial charge in [0.25, 0.3) is 0 Å². The van der Waals surface area contributed by atoms with Crippen LogP contribution < -0.4 is 5.73 Å². The number of alkyl halides is 3. The van der Waals surface area contributed by atoms with Gasteiger partial charge in [0.15, 0.2) is 0 Å². The summed E-state index contributed by atoms with van der Waals surface area (Å²) in [5.74, 6) is -1.14. The Morgan fingerprint density at radius 1 is 1.19 bits per heavy atom. The van der Waals surface area contributed by atoms with Crippen LogP contribution in [0.2, 0.25) is 0 Å². The molecular weight excluding hydrogens is 279 g/mol. The Morgan fingerprint density at radius 2 is 1.76 bits per heavy atom. The van der Waals surface area contributed by atoms with E-state index in [4.69, 9.17) is 5.73 Å². The number of rotatable bonds is 5. The number of hydrogen-bond acceptors (Lipinski definition) is 3. The van der Waals surface area contributed by atoms with Gasteiger partial charge in [0.05, 0.1) is 5.92 Å². The Kier molecular flexibility index (Phi) is 5.54. The van der Waals surface area contributed by atoms with Crippen LogP contribution in [0.3, 0.4) is 0 Å². The zero-order chi connectivity index (χ0) is 15.5. The summed E-state index contributed by atoms with van der Waals surface area (Å²) in [4.78, 5) is 4.65. The van der Waals surface area contributed by atoms with E-state index in [9.17, 15) is 13.2 Å². The molecule has 0 spiro atoms. The quantitative estimate of drug-likeness (QED) is 0.847. The Bertz CT molecular complexity index is 319. The number of likely N-dealkylation sites (N-methyl/N-ethyl adjacent to an activating group) is 1. The third kappa shape index (κ3) is 4.11. The highest BCUT2D eigenvalue weighted by Crippen LogP contribution is 2.42. The van der Waals surface area contributed by atoms with E-state index in [-0.39, 0.29) is 18.4 Å². The standard InChI is InChI=1S/C15H28F3N3/c1-20(10-11-21-8-2-3-9-21)14(12-19)6-4-13(5-7-14)15(16,17)18/h13H,2-12,19H2,1H3. The molecule has 2 fully saturated rings. The van der Waals surface area contributed by atoms with Crippen LogP contribution in [0.25, 0.3) is 0 Å². The van der Waals surface area contributed by atoms with E-state index >= 15 is 0 Å². The van der Waals surface area contributed by atoms with Gasteiger partial charge in [0.1, 0.15) is 0 Å². The molecule has 124 valence electrons.